The molecule has 218 valence electrons. The van der Waals surface area contributed by atoms with E-state index in [1.165, 1.54) is 12.0 Å². The Morgan fingerprint density at radius 3 is 2.40 bits per heavy atom. The van der Waals surface area contributed by atoms with Gasteiger partial charge in [-0.2, -0.15) is 0 Å². The first-order valence-corrected chi connectivity index (χ1v) is 14.9. The van der Waals surface area contributed by atoms with E-state index in [0.29, 0.717) is 19.1 Å². The van der Waals surface area contributed by atoms with Crippen LogP contribution < -0.4 is 10.1 Å². The Bertz CT molecular complexity index is 1710. The number of ether oxygens (including phenoxy) is 1. The van der Waals surface area contributed by atoms with E-state index in [1.807, 2.05) is 83.4 Å². The second kappa shape index (κ2) is 12.9. The summed E-state index contributed by atoms with van der Waals surface area (Å²) in [5, 5.41) is 13.8. The van der Waals surface area contributed by atoms with Crippen molar-refractivity contribution in [1.29, 1.82) is 0 Å². The summed E-state index contributed by atoms with van der Waals surface area (Å²) in [7, 11) is 0. The maximum atomic E-state index is 13.4. The van der Waals surface area contributed by atoms with Crippen LogP contribution in [0, 0.1) is 0 Å². The van der Waals surface area contributed by atoms with Crippen molar-refractivity contribution in [3.05, 3.63) is 120 Å². The summed E-state index contributed by atoms with van der Waals surface area (Å²) in [6.45, 7) is 0.848. The summed E-state index contributed by atoms with van der Waals surface area (Å²) in [5.41, 5.74) is 5.96. The Hall–Kier alpha value is -4.91. The van der Waals surface area contributed by atoms with Crippen LogP contribution in [0.3, 0.4) is 0 Å². The van der Waals surface area contributed by atoms with Gasteiger partial charge in [-0.3, -0.25) is 9.78 Å². The third kappa shape index (κ3) is 6.46. The van der Waals surface area contributed by atoms with Gasteiger partial charge in [-0.05, 0) is 84.0 Å². The zero-order valence-electron chi connectivity index (χ0n) is 24.0. The maximum Gasteiger partial charge on any atom is 0.335 e. The SMILES string of the molecule is O=C(Cn1c(-c2ccc(OCc3ccccc3)cc2)c(C2CCCCC2)c2ccc(C(=O)O)cc21)NCc1ccccn1. The number of aromatic carboxylic acids is 1. The lowest BCUT2D eigenvalue weighted by atomic mass is 9.82. The van der Waals surface area contributed by atoms with Gasteiger partial charge in [0, 0.05) is 11.6 Å². The van der Waals surface area contributed by atoms with Gasteiger partial charge in [0.1, 0.15) is 18.9 Å². The van der Waals surface area contributed by atoms with E-state index in [0.717, 1.165) is 64.9 Å². The molecular formula is C36H35N3O4. The fourth-order valence-electron chi connectivity index (χ4n) is 6.13. The van der Waals surface area contributed by atoms with E-state index < -0.39 is 5.97 Å². The lowest BCUT2D eigenvalue weighted by molar-refractivity contribution is -0.121. The monoisotopic (exact) mass is 573 g/mol. The molecular weight excluding hydrogens is 538 g/mol. The molecule has 7 nitrogen and oxygen atoms in total. The molecule has 1 amide bonds. The first-order chi connectivity index (χ1) is 21.1. The first kappa shape index (κ1) is 28.2. The number of carbonyl (C=O) groups is 2. The quantitative estimate of drug-likeness (QED) is 0.182. The minimum atomic E-state index is -0.991. The number of aromatic nitrogens is 2. The number of pyridine rings is 1. The molecule has 2 N–H and O–H groups in total. The molecule has 2 aromatic heterocycles. The number of nitrogens with one attached hydrogen (secondary N) is 1. The fraction of sp³-hybridized carbons (Fsp3) is 0.250. The fourth-order valence-corrected chi connectivity index (χ4v) is 6.13. The van der Waals surface area contributed by atoms with Crippen molar-refractivity contribution < 1.29 is 19.4 Å². The summed E-state index contributed by atoms with van der Waals surface area (Å²) in [5.74, 6) is -0.0676. The van der Waals surface area contributed by atoms with Crippen molar-refractivity contribution in [2.75, 3.05) is 0 Å². The summed E-state index contributed by atoms with van der Waals surface area (Å²) >= 11 is 0. The minimum Gasteiger partial charge on any atom is -0.489 e. The summed E-state index contributed by atoms with van der Waals surface area (Å²) in [6.07, 6.45) is 7.36. The number of hydrogen-bond acceptors (Lipinski definition) is 4. The Morgan fingerprint density at radius 1 is 0.907 bits per heavy atom. The molecule has 1 aliphatic rings. The zero-order chi connectivity index (χ0) is 29.6. The van der Waals surface area contributed by atoms with Gasteiger partial charge in [0.15, 0.2) is 0 Å². The van der Waals surface area contributed by atoms with E-state index in [1.54, 1.807) is 18.3 Å². The van der Waals surface area contributed by atoms with Gasteiger partial charge in [-0.1, -0.05) is 61.7 Å². The van der Waals surface area contributed by atoms with Gasteiger partial charge in [-0.15, -0.1) is 0 Å². The van der Waals surface area contributed by atoms with E-state index in [4.69, 9.17) is 4.74 Å². The highest BCUT2D eigenvalue weighted by atomic mass is 16.5. The van der Waals surface area contributed by atoms with Crippen molar-refractivity contribution in [2.45, 2.75) is 57.7 Å². The number of nitrogens with zero attached hydrogens (tertiary/aromatic N) is 2. The summed E-state index contributed by atoms with van der Waals surface area (Å²) < 4.78 is 8.06. The van der Waals surface area contributed by atoms with Gasteiger partial charge in [0.05, 0.1) is 29.0 Å². The molecule has 0 bridgehead atoms. The molecule has 0 unspecified atom stereocenters. The Labute approximate surface area is 251 Å². The van der Waals surface area contributed by atoms with E-state index in [2.05, 4.69) is 10.3 Å². The van der Waals surface area contributed by atoms with Gasteiger partial charge < -0.3 is 19.7 Å². The lowest BCUT2D eigenvalue weighted by Crippen LogP contribution is -2.27. The van der Waals surface area contributed by atoms with Crippen LogP contribution in [0.2, 0.25) is 0 Å². The normalized spacial score (nSPS) is 13.6. The second-order valence-electron chi connectivity index (χ2n) is 11.1. The molecule has 0 atom stereocenters. The third-order valence-electron chi connectivity index (χ3n) is 8.23. The Kier molecular flexibility index (Phi) is 8.50. The number of amides is 1. The Balaban J connectivity index is 1.40. The molecule has 7 heteroatoms. The van der Waals surface area contributed by atoms with Crippen LogP contribution in [0.1, 0.15) is 65.2 Å². The number of benzene rings is 3. The summed E-state index contributed by atoms with van der Waals surface area (Å²) in [6, 6.07) is 29.0. The van der Waals surface area contributed by atoms with E-state index >= 15 is 0 Å². The number of rotatable bonds is 10. The zero-order valence-corrected chi connectivity index (χ0v) is 24.0. The molecule has 0 aliphatic heterocycles. The smallest absolute Gasteiger partial charge is 0.335 e. The minimum absolute atomic E-state index is 0.0563. The molecule has 3 aromatic carbocycles. The highest BCUT2D eigenvalue weighted by Gasteiger charge is 2.28. The van der Waals surface area contributed by atoms with Crippen molar-refractivity contribution in [3.63, 3.8) is 0 Å². The van der Waals surface area contributed by atoms with Gasteiger partial charge >= 0.3 is 5.97 Å². The molecule has 1 aliphatic carbocycles. The van der Waals surface area contributed by atoms with E-state index in [-0.39, 0.29) is 18.0 Å². The van der Waals surface area contributed by atoms with Crippen LogP contribution >= 0.6 is 0 Å². The molecule has 43 heavy (non-hydrogen) atoms. The van der Waals surface area contributed by atoms with Crippen LogP contribution in [-0.4, -0.2) is 26.5 Å². The van der Waals surface area contributed by atoms with Crippen molar-refractivity contribution in [1.82, 2.24) is 14.9 Å². The maximum absolute atomic E-state index is 13.4. The topological polar surface area (TPSA) is 93.5 Å². The molecule has 1 fully saturated rings. The molecule has 5 aromatic rings. The largest absolute Gasteiger partial charge is 0.489 e. The predicted molar refractivity (Wildman–Crippen MR) is 167 cm³/mol. The average molecular weight is 574 g/mol. The molecule has 0 radical (unpaired) electrons. The number of carboxylic acids is 1. The van der Waals surface area contributed by atoms with Crippen LogP contribution in [0.15, 0.2) is 97.2 Å². The summed E-state index contributed by atoms with van der Waals surface area (Å²) in [4.78, 5) is 29.7. The molecule has 0 spiro atoms. The van der Waals surface area contributed by atoms with Gasteiger partial charge in [-0.25, -0.2) is 4.79 Å². The number of carboxylic acid groups (broad SMARTS) is 1. The van der Waals surface area contributed by atoms with Crippen molar-refractivity contribution in [3.8, 4) is 17.0 Å². The molecule has 1 saturated carbocycles. The standard InChI is InChI=1S/C36H35N3O4/c40-33(38-22-29-13-7-8-20-37-29)23-39-32-21-28(36(41)42)16-19-31(32)34(26-11-5-2-6-12-26)35(39)27-14-17-30(18-15-27)43-24-25-9-3-1-4-10-25/h1,3-4,7-10,13-21,26H,2,5-6,11-12,22-24H2,(H,38,40)(H,41,42). The van der Waals surface area contributed by atoms with Crippen LogP contribution in [0.25, 0.3) is 22.2 Å². The molecule has 6 rings (SSSR count). The predicted octanol–water partition coefficient (Wildman–Crippen LogP) is 7.34. The number of carbonyl (C=O) groups excluding carboxylic acids is 1. The molecule has 0 saturated heterocycles. The van der Waals surface area contributed by atoms with E-state index in [9.17, 15) is 14.7 Å². The third-order valence-corrected chi connectivity index (χ3v) is 8.23. The van der Waals surface area contributed by atoms with Crippen molar-refractivity contribution in [2.24, 2.45) is 0 Å². The second-order valence-corrected chi connectivity index (χ2v) is 11.1. The number of fused-ring (bicyclic) bond motifs is 1. The van der Waals surface area contributed by atoms with Crippen LogP contribution in [0.5, 0.6) is 5.75 Å². The first-order valence-electron chi connectivity index (χ1n) is 14.9. The van der Waals surface area contributed by atoms with Crippen LogP contribution in [0.4, 0.5) is 0 Å². The Morgan fingerprint density at radius 2 is 1.67 bits per heavy atom. The van der Waals surface area contributed by atoms with Gasteiger partial charge in [0.25, 0.3) is 0 Å². The van der Waals surface area contributed by atoms with Crippen molar-refractivity contribution >= 4 is 22.8 Å². The van der Waals surface area contributed by atoms with Crippen LogP contribution in [-0.2, 0) is 24.5 Å². The average Bonchev–Trinajstić information content (AvgIpc) is 3.37. The highest BCUT2D eigenvalue weighted by Crippen LogP contribution is 2.44. The number of hydrogen-bond donors (Lipinski definition) is 2. The highest BCUT2D eigenvalue weighted by molar-refractivity contribution is 5.99. The molecule has 2 heterocycles. The lowest BCUT2D eigenvalue weighted by Gasteiger charge is -2.24. The van der Waals surface area contributed by atoms with Gasteiger partial charge in [0.2, 0.25) is 5.91 Å².